The van der Waals surface area contributed by atoms with Gasteiger partial charge >= 0.3 is 0 Å². The van der Waals surface area contributed by atoms with Gasteiger partial charge in [0.1, 0.15) is 22.2 Å². The number of aromatic nitrogens is 2. The zero-order chi connectivity index (χ0) is 15.5. The predicted octanol–water partition coefficient (Wildman–Crippen LogP) is 3.97. The van der Waals surface area contributed by atoms with Gasteiger partial charge in [0, 0.05) is 11.4 Å². The molecule has 0 aliphatic heterocycles. The van der Waals surface area contributed by atoms with Gasteiger partial charge in [-0.25, -0.2) is 9.97 Å². The standard InChI is InChI=1S/C17H19N3OS/c1-11-10-14-16(19-12(2)20-17(14)22-11)18-9-8-13-6-4-5-7-15(13)21-3/h4-7,10H,8-9H2,1-3H3,(H,18,19,20). The van der Waals surface area contributed by atoms with Crippen molar-refractivity contribution in [1.82, 2.24) is 9.97 Å². The summed E-state index contributed by atoms with van der Waals surface area (Å²) in [5.41, 5.74) is 1.20. The van der Waals surface area contributed by atoms with Crippen LogP contribution in [0.3, 0.4) is 0 Å². The van der Waals surface area contributed by atoms with Crippen molar-refractivity contribution in [3.8, 4) is 5.75 Å². The molecule has 0 aliphatic rings. The number of aryl methyl sites for hydroxylation is 2. The van der Waals surface area contributed by atoms with E-state index in [2.05, 4.69) is 34.3 Å². The van der Waals surface area contributed by atoms with Crippen molar-refractivity contribution in [2.75, 3.05) is 19.0 Å². The van der Waals surface area contributed by atoms with Crippen LogP contribution in [-0.2, 0) is 6.42 Å². The lowest BCUT2D eigenvalue weighted by atomic mass is 10.1. The molecule has 3 aromatic rings. The summed E-state index contributed by atoms with van der Waals surface area (Å²) in [6.07, 6.45) is 0.887. The number of rotatable bonds is 5. The molecule has 0 bridgehead atoms. The van der Waals surface area contributed by atoms with Crippen LogP contribution in [0, 0.1) is 13.8 Å². The maximum atomic E-state index is 5.39. The van der Waals surface area contributed by atoms with Crippen molar-refractivity contribution >= 4 is 27.4 Å². The Balaban J connectivity index is 1.77. The molecule has 0 saturated heterocycles. The van der Waals surface area contributed by atoms with E-state index in [0.717, 1.165) is 40.6 Å². The molecule has 2 aromatic heterocycles. The fourth-order valence-corrected chi connectivity index (χ4v) is 3.43. The Labute approximate surface area is 134 Å². The molecule has 5 heteroatoms. The number of methoxy groups -OCH3 is 1. The summed E-state index contributed by atoms with van der Waals surface area (Å²) >= 11 is 1.71. The van der Waals surface area contributed by atoms with Crippen molar-refractivity contribution < 1.29 is 4.74 Å². The second-order valence-corrected chi connectivity index (χ2v) is 6.42. The van der Waals surface area contributed by atoms with Gasteiger partial charge in [-0.05, 0) is 38.0 Å². The Bertz CT molecular complexity index is 798. The van der Waals surface area contributed by atoms with Crippen LogP contribution < -0.4 is 10.1 Å². The molecule has 0 saturated carbocycles. The van der Waals surface area contributed by atoms with Crippen molar-refractivity contribution in [2.24, 2.45) is 0 Å². The second-order valence-electron chi connectivity index (χ2n) is 5.18. The van der Waals surface area contributed by atoms with Gasteiger partial charge in [-0.15, -0.1) is 11.3 Å². The maximum Gasteiger partial charge on any atom is 0.138 e. The third-order valence-corrected chi connectivity index (χ3v) is 4.45. The number of para-hydroxylation sites is 1. The Morgan fingerprint density at radius 2 is 2.00 bits per heavy atom. The number of anilines is 1. The summed E-state index contributed by atoms with van der Waals surface area (Å²) in [6, 6.07) is 10.2. The maximum absolute atomic E-state index is 5.39. The van der Waals surface area contributed by atoms with E-state index in [1.165, 1.54) is 10.4 Å². The van der Waals surface area contributed by atoms with Crippen molar-refractivity contribution in [3.63, 3.8) is 0 Å². The van der Waals surface area contributed by atoms with E-state index in [1.54, 1.807) is 18.4 Å². The second kappa shape index (κ2) is 6.32. The molecule has 114 valence electrons. The highest BCUT2D eigenvalue weighted by Crippen LogP contribution is 2.28. The monoisotopic (exact) mass is 313 g/mol. The summed E-state index contributed by atoms with van der Waals surface area (Å²) < 4.78 is 5.39. The number of nitrogens with one attached hydrogen (secondary N) is 1. The number of hydrogen-bond acceptors (Lipinski definition) is 5. The quantitative estimate of drug-likeness (QED) is 0.774. The van der Waals surface area contributed by atoms with Crippen LogP contribution in [0.5, 0.6) is 5.75 Å². The first-order chi connectivity index (χ1) is 10.7. The molecule has 0 radical (unpaired) electrons. The van der Waals surface area contributed by atoms with Gasteiger partial charge in [0.05, 0.1) is 12.5 Å². The molecule has 22 heavy (non-hydrogen) atoms. The lowest BCUT2D eigenvalue weighted by molar-refractivity contribution is 0.410. The molecule has 3 rings (SSSR count). The van der Waals surface area contributed by atoms with E-state index in [0.29, 0.717) is 0 Å². The molecule has 0 fully saturated rings. The predicted molar refractivity (Wildman–Crippen MR) is 92.1 cm³/mol. The summed E-state index contributed by atoms with van der Waals surface area (Å²) in [7, 11) is 1.71. The summed E-state index contributed by atoms with van der Waals surface area (Å²) in [5, 5.41) is 4.55. The van der Waals surface area contributed by atoms with E-state index in [1.807, 2.05) is 25.1 Å². The number of benzene rings is 1. The molecule has 1 N–H and O–H groups in total. The Kier molecular flexibility index (Phi) is 4.24. The number of ether oxygens (including phenoxy) is 1. The number of nitrogens with zero attached hydrogens (tertiary/aromatic N) is 2. The smallest absolute Gasteiger partial charge is 0.138 e. The summed E-state index contributed by atoms with van der Waals surface area (Å²) in [4.78, 5) is 11.3. The molecule has 1 aromatic carbocycles. The molecular formula is C17H19N3OS. The Hall–Kier alpha value is -2.14. The van der Waals surface area contributed by atoms with E-state index in [4.69, 9.17) is 4.74 Å². The van der Waals surface area contributed by atoms with E-state index < -0.39 is 0 Å². The van der Waals surface area contributed by atoms with Gasteiger partial charge in [0.15, 0.2) is 0 Å². The molecule has 0 atom stereocenters. The van der Waals surface area contributed by atoms with E-state index in [9.17, 15) is 0 Å². The lowest BCUT2D eigenvalue weighted by Crippen LogP contribution is -2.08. The van der Waals surface area contributed by atoms with Gasteiger partial charge in [0.2, 0.25) is 0 Å². The van der Waals surface area contributed by atoms with Crippen LogP contribution in [0.1, 0.15) is 16.3 Å². The summed E-state index contributed by atoms with van der Waals surface area (Å²) in [6.45, 7) is 4.83. The zero-order valence-electron chi connectivity index (χ0n) is 13.0. The summed E-state index contributed by atoms with van der Waals surface area (Å²) in [5.74, 6) is 2.65. The fourth-order valence-electron chi connectivity index (χ4n) is 2.51. The average Bonchev–Trinajstić information content (AvgIpc) is 2.88. The third-order valence-electron chi connectivity index (χ3n) is 3.51. The molecule has 0 unspecified atom stereocenters. The Morgan fingerprint density at radius 3 is 2.82 bits per heavy atom. The van der Waals surface area contributed by atoms with Gasteiger partial charge in [-0.1, -0.05) is 18.2 Å². The minimum absolute atomic E-state index is 0.800. The largest absolute Gasteiger partial charge is 0.496 e. The van der Waals surface area contributed by atoms with Crippen LogP contribution in [0.2, 0.25) is 0 Å². The highest BCUT2D eigenvalue weighted by atomic mass is 32.1. The van der Waals surface area contributed by atoms with Crippen LogP contribution in [0.4, 0.5) is 5.82 Å². The normalized spacial score (nSPS) is 10.9. The van der Waals surface area contributed by atoms with Crippen LogP contribution >= 0.6 is 11.3 Å². The molecular weight excluding hydrogens is 294 g/mol. The number of hydrogen-bond donors (Lipinski definition) is 1. The van der Waals surface area contributed by atoms with Gasteiger partial charge < -0.3 is 10.1 Å². The lowest BCUT2D eigenvalue weighted by Gasteiger charge is -2.10. The van der Waals surface area contributed by atoms with Gasteiger partial charge in [-0.3, -0.25) is 0 Å². The van der Waals surface area contributed by atoms with E-state index >= 15 is 0 Å². The first-order valence-electron chi connectivity index (χ1n) is 7.28. The van der Waals surface area contributed by atoms with Crippen LogP contribution in [0.25, 0.3) is 10.2 Å². The highest BCUT2D eigenvalue weighted by molar-refractivity contribution is 7.18. The van der Waals surface area contributed by atoms with Gasteiger partial charge in [-0.2, -0.15) is 0 Å². The zero-order valence-corrected chi connectivity index (χ0v) is 13.8. The van der Waals surface area contributed by atoms with E-state index in [-0.39, 0.29) is 0 Å². The first-order valence-corrected chi connectivity index (χ1v) is 8.09. The third kappa shape index (κ3) is 3.04. The molecule has 0 spiro atoms. The highest BCUT2D eigenvalue weighted by Gasteiger charge is 2.09. The number of thiophene rings is 1. The van der Waals surface area contributed by atoms with Crippen molar-refractivity contribution in [1.29, 1.82) is 0 Å². The van der Waals surface area contributed by atoms with Gasteiger partial charge in [0.25, 0.3) is 0 Å². The van der Waals surface area contributed by atoms with Crippen molar-refractivity contribution in [2.45, 2.75) is 20.3 Å². The SMILES string of the molecule is COc1ccccc1CCNc1nc(C)nc2sc(C)cc12. The van der Waals surface area contributed by atoms with Crippen LogP contribution in [-0.4, -0.2) is 23.6 Å². The fraction of sp³-hybridized carbons (Fsp3) is 0.294. The number of fused-ring (bicyclic) bond motifs is 1. The molecule has 2 heterocycles. The first kappa shape index (κ1) is 14.8. The Morgan fingerprint density at radius 1 is 1.18 bits per heavy atom. The minimum Gasteiger partial charge on any atom is -0.496 e. The minimum atomic E-state index is 0.800. The average molecular weight is 313 g/mol. The molecule has 0 amide bonds. The van der Waals surface area contributed by atoms with Crippen LogP contribution in [0.15, 0.2) is 30.3 Å². The topological polar surface area (TPSA) is 47.0 Å². The molecule has 0 aliphatic carbocycles. The van der Waals surface area contributed by atoms with Crippen molar-refractivity contribution in [3.05, 3.63) is 46.6 Å². The molecule has 4 nitrogen and oxygen atoms in total.